The van der Waals surface area contributed by atoms with Crippen LogP contribution in [0.2, 0.25) is 0 Å². The van der Waals surface area contributed by atoms with Gasteiger partial charge < -0.3 is 14.4 Å². The number of halogens is 3. The van der Waals surface area contributed by atoms with E-state index in [1.54, 1.807) is 20.1 Å². The number of aryl methyl sites for hydroxylation is 1. The van der Waals surface area contributed by atoms with Crippen LogP contribution in [0, 0.1) is 12.3 Å². The summed E-state index contributed by atoms with van der Waals surface area (Å²) in [5.74, 6) is 0.838. The zero-order chi connectivity index (χ0) is 25.5. The molecule has 188 valence electrons. The molecule has 0 unspecified atom stereocenters. The number of thiocarbonyl (C=S) groups is 1. The average molecular weight is 504 g/mol. The van der Waals surface area contributed by atoms with E-state index in [0.717, 1.165) is 36.6 Å². The second-order valence-electron chi connectivity index (χ2n) is 10.4. The summed E-state index contributed by atoms with van der Waals surface area (Å²) < 4.78 is 52.0. The summed E-state index contributed by atoms with van der Waals surface area (Å²) >= 11 is 5.60. The molecule has 0 bridgehead atoms. The maximum absolute atomic E-state index is 13.4. The van der Waals surface area contributed by atoms with Crippen molar-refractivity contribution in [2.24, 2.45) is 5.41 Å². The largest absolute Gasteiger partial charge is 0.496 e. The SMILES string of the molecule is COc1ccccc1C1=C(CN2C(=S)O[C@H](c3cc(C)cc(C(F)(F)F)c3)[C@@H]2C)CC(C)(C)CC1. The zero-order valence-corrected chi connectivity index (χ0v) is 21.6. The van der Waals surface area contributed by atoms with Gasteiger partial charge in [-0.05, 0) is 85.7 Å². The summed E-state index contributed by atoms with van der Waals surface area (Å²) in [5.41, 5.74) is 4.14. The van der Waals surface area contributed by atoms with E-state index in [0.29, 0.717) is 22.8 Å². The Morgan fingerprint density at radius 3 is 2.57 bits per heavy atom. The van der Waals surface area contributed by atoms with Gasteiger partial charge in [-0.15, -0.1) is 0 Å². The normalized spacial score (nSPS) is 22.4. The van der Waals surface area contributed by atoms with Crippen LogP contribution in [-0.2, 0) is 10.9 Å². The monoisotopic (exact) mass is 503 g/mol. The molecule has 2 aromatic carbocycles. The molecule has 1 fully saturated rings. The molecule has 4 rings (SSSR count). The van der Waals surface area contributed by atoms with Crippen LogP contribution in [0.1, 0.15) is 68.4 Å². The summed E-state index contributed by atoms with van der Waals surface area (Å²) in [7, 11) is 1.68. The lowest BCUT2D eigenvalue weighted by molar-refractivity contribution is -0.137. The fraction of sp³-hybridized carbons (Fsp3) is 0.464. The lowest BCUT2D eigenvalue weighted by Crippen LogP contribution is -2.35. The molecule has 2 atom stereocenters. The van der Waals surface area contributed by atoms with E-state index < -0.39 is 17.8 Å². The number of para-hydroxylation sites is 1. The average Bonchev–Trinajstić information content (AvgIpc) is 3.06. The number of ether oxygens (including phenoxy) is 2. The summed E-state index contributed by atoms with van der Waals surface area (Å²) in [6.07, 6.45) is -2.08. The Bertz CT molecular complexity index is 1160. The van der Waals surface area contributed by atoms with Crippen LogP contribution >= 0.6 is 12.2 Å². The highest BCUT2D eigenvalue weighted by Crippen LogP contribution is 2.46. The second-order valence-corrected chi connectivity index (χ2v) is 10.8. The molecule has 0 saturated carbocycles. The van der Waals surface area contributed by atoms with Crippen molar-refractivity contribution in [2.75, 3.05) is 13.7 Å². The van der Waals surface area contributed by atoms with Crippen LogP contribution in [0.5, 0.6) is 5.75 Å². The van der Waals surface area contributed by atoms with E-state index in [1.807, 2.05) is 30.0 Å². The van der Waals surface area contributed by atoms with Gasteiger partial charge in [0.1, 0.15) is 11.9 Å². The standard InChI is InChI=1S/C28H32F3NO2S/c1-17-12-19(14-21(13-17)28(29,30)31)25-18(2)32(26(35)34-25)16-20-15-27(3,4)11-10-22(20)23-8-6-7-9-24(23)33-5/h6-9,12-14,18,25H,10-11,15-16H2,1-5H3/t18-,25-/m0/s1. The highest BCUT2D eigenvalue weighted by Gasteiger charge is 2.40. The molecule has 1 aliphatic heterocycles. The number of methoxy groups -OCH3 is 1. The van der Waals surface area contributed by atoms with Crippen molar-refractivity contribution in [1.29, 1.82) is 0 Å². The summed E-state index contributed by atoms with van der Waals surface area (Å²) in [5, 5.41) is 0.327. The Balaban J connectivity index is 1.68. The number of hydrogen-bond donors (Lipinski definition) is 0. The Labute approximate surface area is 210 Å². The van der Waals surface area contributed by atoms with E-state index in [2.05, 4.69) is 19.9 Å². The van der Waals surface area contributed by atoms with Crippen molar-refractivity contribution >= 4 is 23.0 Å². The molecule has 7 heteroatoms. The molecule has 1 saturated heterocycles. The Morgan fingerprint density at radius 1 is 1.17 bits per heavy atom. The van der Waals surface area contributed by atoms with Crippen molar-refractivity contribution < 1.29 is 22.6 Å². The minimum atomic E-state index is -4.41. The van der Waals surface area contributed by atoms with Crippen LogP contribution < -0.4 is 4.74 Å². The van der Waals surface area contributed by atoms with E-state index in [4.69, 9.17) is 21.7 Å². The fourth-order valence-corrected chi connectivity index (χ4v) is 5.62. The van der Waals surface area contributed by atoms with Crippen molar-refractivity contribution in [3.05, 3.63) is 70.3 Å². The molecule has 3 nitrogen and oxygen atoms in total. The molecule has 35 heavy (non-hydrogen) atoms. The third-order valence-corrected chi connectivity index (χ3v) is 7.44. The number of allylic oxidation sites excluding steroid dienone is 1. The number of hydrogen-bond acceptors (Lipinski definition) is 3. The molecule has 2 aromatic rings. The van der Waals surface area contributed by atoms with Crippen LogP contribution in [-0.4, -0.2) is 29.8 Å². The fourth-order valence-electron chi connectivity index (χ4n) is 5.29. The van der Waals surface area contributed by atoms with Gasteiger partial charge in [0.05, 0.1) is 18.7 Å². The van der Waals surface area contributed by atoms with E-state index in [9.17, 15) is 13.2 Å². The van der Waals surface area contributed by atoms with Crippen LogP contribution in [0.3, 0.4) is 0 Å². The van der Waals surface area contributed by atoms with Gasteiger partial charge in [0.15, 0.2) is 0 Å². The van der Waals surface area contributed by atoms with Crippen molar-refractivity contribution in [1.82, 2.24) is 4.90 Å². The third-order valence-electron chi connectivity index (χ3n) is 7.11. The predicted octanol–water partition coefficient (Wildman–Crippen LogP) is 7.73. The van der Waals surface area contributed by atoms with Gasteiger partial charge >= 0.3 is 6.18 Å². The van der Waals surface area contributed by atoms with Gasteiger partial charge in [-0.25, -0.2) is 0 Å². The minimum absolute atomic E-state index is 0.143. The molecule has 0 amide bonds. The highest BCUT2D eigenvalue weighted by molar-refractivity contribution is 7.80. The number of benzene rings is 2. The lowest BCUT2D eigenvalue weighted by atomic mass is 9.72. The molecule has 0 aromatic heterocycles. The van der Waals surface area contributed by atoms with Crippen LogP contribution in [0.4, 0.5) is 13.2 Å². The molecule has 1 aliphatic carbocycles. The first-order chi connectivity index (χ1) is 16.4. The lowest BCUT2D eigenvalue weighted by Gasteiger charge is -2.36. The first kappa shape index (κ1) is 25.5. The second kappa shape index (κ2) is 9.49. The number of rotatable bonds is 5. The first-order valence-corrected chi connectivity index (χ1v) is 12.3. The third kappa shape index (κ3) is 5.35. The molecule has 0 N–H and O–H groups in total. The summed E-state index contributed by atoms with van der Waals surface area (Å²) in [4.78, 5) is 2.02. The topological polar surface area (TPSA) is 21.7 Å². The molecule has 0 spiro atoms. The van der Waals surface area contributed by atoms with Gasteiger partial charge in [0, 0.05) is 12.1 Å². The van der Waals surface area contributed by atoms with Gasteiger partial charge in [0.25, 0.3) is 5.17 Å². The maximum atomic E-state index is 13.4. The smallest absolute Gasteiger partial charge is 0.416 e. The highest BCUT2D eigenvalue weighted by atomic mass is 32.1. The van der Waals surface area contributed by atoms with Crippen LogP contribution in [0.25, 0.3) is 5.57 Å². The quantitative estimate of drug-likeness (QED) is 0.389. The summed E-state index contributed by atoms with van der Waals surface area (Å²) in [6, 6.07) is 11.9. The summed E-state index contributed by atoms with van der Waals surface area (Å²) in [6.45, 7) is 8.75. The van der Waals surface area contributed by atoms with Crippen LogP contribution in [0.15, 0.2) is 48.0 Å². The van der Waals surface area contributed by atoms with Crippen molar-refractivity contribution in [2.45, 2.75) is 65.3 Å². The van der Waals surface area contributed by atoms with Gasteiger partial charge in [-0.3, -0.25) is 0 Å². The number of alkyl halides is 3. The number of nitrogens with zero attached hydrogens (tertiary/aromatic N) is 1. The molecular weight excluding hydrogens is 471 g/mol. The maximum Gasteiger partial charge on any atom is 0.416 e. The molecular formula is C28H32F3NO2S. The first-order valence-electron chi connectivity index (χ1n) is 11.9. The van der Waals surface area contributed by atoms with Gasteiger partial charge in [-0.1, -0.05) is 43.7 Å². The van der Waals surface area contributed by atoms with E-state index in [1.165, 1.54) is 17.2 Å². The van der Waals surface area contributed by atoms with Gasteiger partial charge in [-0.2, -0.15) is 13.2 Å². The Kier molecular flexibility index (Phi) is 6.93. The zero-order valence-electron chi connectivity index (χ0n) is 20.8. The molecule has 2 aliphatic rings. The van der Waals surface area contributed by atoms with E-state index >= 15 is 0 Å². The van der Waals surface area contributed by atoms with Gasteiger partial charge in [0.2, 0.25) is 0 Å². The van der Waals surface area contributed by atoms with Crippen molar-refractivity contribution in [3.63, 3.8) is 0 Å². The van der Waals surface area contributed by atoms with E-state index in [-0.39, 0.29) is 11.5 Å². The Hall–Kier alpha value is -2.54. The molecule has 0 radical (unpaired) electrons. The Morgan fingerprint density at radius 2 is 1.89 bits per heavy atom. The van der Waals surface area contributed by atoms with Crippen molar-refractivity contribution in [3.8, 4) is 5.75 Å². The molecule has 1 heterocycles. The minimum Gasteiger partial charge on any atom is -0.496 e. The predicted molar refractivity (Wildman–Crippen MR) is 136 cm³/mol.